The fraction of sp³-hybridized carbons (Fsp3) is 0.611. The predicted octanol–water partition coefficient (Wildman–Crippen LogP) is 2.22. The van der Waals surface area contributed by atoms with Crippen molar-refractivity contribution in [3.05, 3.63) is 29.8 Å². The molecule has 0 spiro atoms. The minimum absolute atomic E-state index is 0. The van der Waals surface area contributed by atoms with Crippen LogP contribution in [0.4, 0.5) is 0 Å². The van der Waals surface area contributed by atoms with Gasteiger partial charge in [-0.2, -0.15) is 0 Å². The van der Waals surface area contributed by atoms with Gasteiger partial charge < -0.3 is 15.4 Å². The van der Waals surface area contributed by atoms with Gasteiger partial charge in [0.1, 0.15) is 11.9 Å². The molecule has 0 amide bonds. The molecule has 0 aromatic heterocycles. The minimum atomic E-state index is -3.13. The number of guanidine groups is 1. The van der Waals surface area contributed by atoms with Gasteiger partial charge in [0, 0.05) is 26.7 Å². The quantitative estimate of drug-likeness (QED) is 0.218. The Morgan fingerprint density at radius 1 is 1.33 bits per heavy atom. The lowest BCUT2D eigenvalue weighted by Crippen LogP contribution is -2.42. The first-order chi connectivity index (χ1) is 12.3. The van der Waals surface area contributed by atoms with Crippen LogP contribution in [-0.2, 0) is 10.0 Å². The van der Waals surface area contributed by atoms with Crippen molar-refractivity contribution in [3.63, 3.8) is 0 Å². The number of nitrogens with zero attached hydrogens (tertiary/aromatic N) is 2. The van der Waals surface area contributed by atoms with Gasteiger partial charge in [0.2, 0.25) is 10.0 Å². The summed E-state index contributed by atoms with van der Waals surface area (Å²) in [4.78, 5) is 4.17. The van der Waals surface area contributed by atoms with Crippen molar-refractivity contribution in [2.75, 3.05) is 39.5 Å². The number of benzene rings is 1. The summed E-state index contributed by atoms with van der Waals surface area (Å²) in [5, 5.41) is 6.41. The Hall–Kier alpha value is -1.07. The van der Waals surface area contributed by atoms with Gasteiger partial charge in [0.25, 0.3) is 0 Å². The van der Waals surface area contributed by atoms with Crippen LogP contribution in [0.1, 0.15) is 25.8 Å². The zero-order chi connectivity index (χ0) is 19.6. The fourth-order valence-corrected chi connectivity index (χ4v) is 3.37. The number of aliphatic imine (C=N–C) groups is 1. The second kappa shape index (κ2) is 13.2. The third-order valence-electron chi connectivity index (χ3n) is 3.81. The molecule has 2 N–H and O–H groups in total. The van der Waals surface area contributed by atoms with E-state index >= 15 is 0 Å². The first-order valence-corrected chi connectivity index (χ1v) is 10.7. The van der Waals surface area contributed by atoms with Crippen molar-refractivity contribution in [2.45, 2.75) is 33.3 Å². The molecule has 9 heteroatoms. The van der Waals surface area contributed by atoms with E-state index in [1.54, 1.807) is 7.05 Å². The number of sulfonamides is 1. The molecule has 0 radical (unpaired) electrons. The van der Waals surface area contributed by atoms with E-state index in [4.69, 9.17) is 4.74 Å². The SMILES string of the molecule is CCN(CCCNC(=NC)NCC(C)Oc1cccc(C)c1)S(C)(=O)=O.I. The maximum atomic E-state index is 11.6. The van der Waals surface area contributed by atoms with Crippen molar-refractivity contribution in [2.24, 2.45) is 4.99 Å². The Balaban J connectivity index is 0.00000676. The molecular formula is C18H33IN4O3S. The third kappa shape index (κ3) is 10.7. The maximum absolute atomic E-state index is 11.6. The van der Waals surface area contributed by atoms with Crippen LogP contribution in [0.15, 0.2) is 29.3 Å². The Bertz CT molecular complexity index is 683. The Morgan fingerprint density at radius 3 is 2.59 bits per heavy atom. The predicted molar refractivity (Wildman–Crippen MR) is 123 cm³/mol. The lowest BCUT2D eigenvalue weighted by Gasteiger charge is -2.19. The first-order valence-electron chi connectivity index (χ1n) is 8.89. The molecule has 0 aliphatic heterocycles. The molecule has 156 valence electrons. The standard InChI is InChI=1S/C18H32N4O3S.HI/c1-6-22(26(5,23)24)12-8-11-20-18(19-4)21-14-16(3)25-17-10-7-9-15(2)13-17;/h7,9-10,13,16H,6,8,11-12,14H2,1-5H3,(H2,19,20,21);1H. The molecule has 1 unspecified atom stereocenters. The smallest absolute Gasteiger partial charge is 0.211 e. The summed E-state index contributed by atoms with van der Waals surface area (Å²) in [6.07, 6.45) is 1.92. The van der Waals surface area contributed by atoms with E-state index in [0.717, 1.165) is 11.3 Å². The summed E-state index contributed by atoms with van der Waals surface area (Å²) < 4.78 is 30.4. The highest BCUT2D eigenvalue weighted by molar-refractivity contribution is 14.0. The number of ether oxygens (including phenoxy) is 1. The van der Waals surface area contributed by atoms with Crippen LogP contribution in [0.3, 0.4) is 0 Å². The normalized spacial score (nSPS) is 13.0. The molecule has 1 atom stereocenters. The summed E-state index contributed by atoms with van der Waals surface area (Å²) in [5.41, 5.74) is 1.16. The van der Waals surface area contributed by atoms with Crippen LogP contribution >= 0.6 is 24.0 Å². The summed E-state index contributed by atoms with van der Waals surface area (Å²) in [7, 11) is -1.43. The molecule has 0 aliphatic carbocycles. The summed E-state index contributed by atoms with van der Waals surface area (Å²) in [6.45, 7) is 8.09. The Morgan fingerprint density at radius 2 is 2.04 bits per heavy atom. The van der Waals surface area contributed by atoms with E-state index in [1.165, 1.54) is 10.6 Å². The van der Waals surface area contributed by atoms with Gasteiger partial charge in [-0.1, -0.05) is 19.1 Å². The summed E-state index contributed by atoms with van der Waals surface area (Å²) >= 11 is 0. The van der Waals surface area contributed by atoms with Crippen LogP contribution in [0, 0.1) is 6.92 Å². The minimum Gasteiger partial charge on any atom is -0.489 e. The molecule has 0 heterocycles. The van der Waals surface area contributed by atoms with Crippen LogP contribution < -0.4 is 15.4 Å². The van der Waals surface area contributed by atoms with Gasteiger partial charge in [0.15, 0.2) is 5.96 Å². The molecule has 0 saturated heterocycles. The van der Waals surface area contributed by atoms with Crippen molar-refractivity contribution in [3.8, 4) is 5.75 Å². The molecule has 0 fully saturated rings. The average Bonchev–Trinajstić information content (AvgIpc) is 2.56. The van der Waals surface area contributed by atoms with Gasteiger partial charge in [-0.3, -0.25) is 4.99 Å². The molecule has 0 bridgehead atoms. The first kappa shape index (κ1) is 25.9. The molecule has 27 heavy (non-hydrogen) atoms. The van der Waals surface area contributed by atoms with Crippen LogP contribution in [0.25, 0.3) is 0 Å². The molecule has 1 aromatic carbocycles. The molecule has 1 aromatic rings. The van der Waals surface area contributed by atoms with E-state index in [9.17, 15) is 8.42 Å². The van der Waals surface area contributed by atoms with Crippen LogP contribution in [0.5, 0.6) is 5.75 Å². The zero-order valence-electron chi connectivity index (χ0n) is 16.9. The largest absolute Gasteiger partial charge is 0.489 e. The van der Waals surface area contributed by atoms with Gasteiger partial charge in [0.05, 0.1) is 12.8 Å². The van der Waals surface area contributed by atoms with Crippen LogP contribution in [-0.4, -0.2) is 64.3 Å². The average molecular weight is 512 g/mol. The van der Waals surface area contributed by atoms with Gasteiger partial charge in [-0.25, -0.2) is 12.7 Å². The fourth-order valence-electron chi connectivity index (χ4n) is 2.44. The van der Waals surface area contributed by atoms with Crippen molar-refractivity contribution < 1.29 is 13.2 Å². The van der Waals surface area contributed by atoms with Crippen LogP contribution in [0.2, 0.25) is 0 Å². The van der Waals surface area contributed by atoms with E-state index in [-0.39, 0.29) is 30.1 Å². The number of rotatable bonds is 10. The van der Waals surface area contributed by atoms with E-state index in [0.29, 0.717) is 38.6 Å². The van der Waals surface area contributed by atoms with E-state index in [1.807, 2.05) is 45.0 Å². The number of nitrogens with one attached hydrogen (secondary N) is 2. The molecule has 1 rings (SSSR count). The van der Waals surface area contributed by atoms with E-state index < -0.39 is 10.0 Å². The van der Waals surface area contributed by atoms with Gasteiger partial charge >= 0.3 is 0 Å². The lowest BCUT2D eigenvalue weighted by atomic mass is 10.2. The Labute approximate surface area is 181 Å². The Kier molecular flexibility index (Phi) is 12.6. The van der Waals surface area contributed by atoms with E-state index in [2.05, 4.69) is 15.6 Å². The van der Waals surface area contributed by atoms with Gasteiger partial charge in [-0.15, -0.1) is 24.0 Å². The second-order valence-electron chi connectivity index (χ2n) is 6.23. The lowest BCUT2D eigenvalue weighted by molar-refractivity contribution is 0.223. The highest BCUT2D eigenvalue weighted by Crippen LogP contribution is 2.13. The van der Waals surface area contributed by atoms with Crippen molar-refractivity contribution >= 4 is 40.0 Å². The van der Waals surface area contributed by atoms with Crippen molar-refractivity contribution in [1.82, 2.24) is 14.9 Å². The summed E-state index contributed by atoms with van der Waals surface area (Å²) in [6, 6.07) is 7.95. The van der Waals surface area contributed by atoms with Gasteiger partial charge in [-0.05, 0) is 38.0 Å². The monoisotopic (exact) mass is 512 g/mol. The number of aryl methyl sites for hydroxylation is 1. The highest BCUT2D eigenvalue weighted by atomic mass is 127. The number of hydrogen-bond donors (Lipinski definition) is 2. The van der Waals surface area contributed by atoms with Crippen molar-refractivity contribution in [1.29, 1.82) is 0 Å². The molecule has 0 saturated carbocycles. The third-order valence-corrected chi connectivity index (χ3v) is 5.18. The topological polar surface area (TPSA) is 83.0 Å². The second-order valence-corrected chi connectivity index (χ2v) is 8.22. The molecular weight excluding hydrogens is 479 g/mol. The zero-order valence-corrected chi connectivity index (χ0v) is 20.0. The molecule has 0 aliphatic rings. The maximum Gasteiger partial charge on any atom is 0.211 e. The highest BCUT2D eigenvalue weighted by Gasteiger charge is 2.13. The molecule has 7 nitrogen and oxygen atoms in total. The summed E-state index contributed by atoms with van der Waals surface area (Å²) in [5.74, 6) is 1.52. The number of halogens is 1. The number of hydrogen-bond acceptors (Lipinski definition) is 4.